The summed E-state index contributed by atoms with van der Waals surface area (Å²) in [4.78, 5) is 20.6. The summed E-state index contributed by atoms with van der Waals surface area (Å²) in [7, 11) is 0. The van der Waals surface area contributed by atoms with E-state index in [2.05, 4.69) is 11.3 Å². The molecule has 3 heteroatoms. The second kappa shape index (κ2) is 4.73. The molecule has 0 N–H and O–H groups in total. The van der Waals surface area contributed by atoms with Crippen molar-refractivity contribution in [1.82, 2.24) is 0 Å². The normalized spacial score (nSPS) is 8.50. The molecule has 0 aliphatic rings. The van der Waals surface area contributed by atoms with Gasteiger partial charge in [-0.2, -0.15) is 0 Å². The molecular weight excluding hydrogens is 132 g/mol. The minimum atomic E-state index is -0.610. The largest absolute Gasteiger partial charge is 0.462 e. The lowest BCUT2D eigenvalue weighted by Gasteiger charge is -1.96. The molecule has 0 aromatic heterocycles. The molecule has 10 heavy (non-hydrogen) atoms. The maximum absolute atomic E-state index is 10.3. The molecule has 3 nitrogen and oxygen atoms in total. The Morgan fingerprint density at radius 3 is 2.60 bits per heavy atom. The Bertz CT molecular complexity index is 149. The molecule has 0 rings (SSSR count). The first-order valence-electron chi connectivity index (χ1n) is 2.86. The molecule has 0 aromatic rings. The lowest BCUT2D eigenvalue weighted by atomic mass is 10.3. The summed E-state index contributed by atoms with van der Waals surface area (Å²) in [6.45, 7) is 4.63. The second-order valence-electron chi connectivity index (χ2n) is 1.76. The Labute approximate surface area is 59.7 Å². The Morgan fingerprint density at radius 1 is 1.60 bits per heavy atom. The van der Waals surface area contributed by atoms with Crippen LogP contribution in [0.25, 0.3) is 0 Å². The maximum Gasteiger partial charge on any atom is 0.338 e. The molecular formula is C7H9O3. The number of Topliss-reactive ketones (excluding diaryl/α,β-unsaturated/α-hetero) is 1. The summed E-state index contributed by atoms with van der Waals surface area (Å²) in [5, 5.41) is 0. The van der Waals surface area contributed by atoms with Gasteiger partial charge in [-0.15, -0.1) is 0 Å². The minimum Gasteiger partial charge on any atom is -0.462 e. The van der Waals surface area contributed by atoms with Crippen molar-refractivity contribution >= 4 is 11.8 Å². The van der Waals surface area contributed by atoms with E-state index in [1.54, 1.807) is 0 Å². The Morgan fingerprint density at radius 2 is 2.20 bits per heavy atom. The summed E-state index contributed by atoms with van der Waals surface area (Å²) in [5.41, 5.74) is 0. The number of rotatable bonds is 4. The van der Waals surface area contributed by atoms with Crippen LogP contribution in [0.15, 0.2) is 6.58 Å². The molecule has 55 valence electrons. The number of ketones is 1. The van der Waals surface area contributed by atoms with E-state index < -0.39 is 5.97 Å². The molecule has 0 heterocycles. The summed E-state index contributed by atoms with van der Waals surface area (Å²) >= 11 is 0. The highest BCUT2D eigenvalue weighted by Gasteiger charge is 1.96. The van der Waals surface area contributed by atoms with Crippen molar-refractivity contribution in [3.63, 3.8) is 0 Å². The molecule has 0 atom stereocenters. The zero-order valence-corrected chi connectivity index (χ0v) is 5.85. The first-order chi connectivity index (χ1) is 4.66. The van der Waals surface area contributed by atoms with E-state index in [4.69, 9.17) is 0 Å². The number of ether oxygens (including phenoxy) is 1. The predicted octanol–water partition coefficient (Wildman–Crippen LogP) is 0.498. The molecule has 0 bridgehead atoms. The molecule has 0 fully saturated rings. The monoisotopic (exact) mass is 141 g/mol. The van der Waals surface area contributed by atoms with Crippen LogP contribution in [0, 0.1) is 6.08 Å². The Kier molecular flexibility index (Phi) is 4.20. The number of esters is 1. The van der Waals surface area contributed by atoms with Gasteiger partial charge in [-0.3, -0.25) is 4.79 Å². The topological polar surface area (TPSA) is 43.4 Å². The lowest BCUT2D eigenvalue weighted by Crippen LogP contribution is -2.05. The van der Waals surface area contributed by atoms with Crippen molar-refractivity contribution in [3.8, 4) is 0 Å². The van der Waals surface area contributed by atoms with Gasteiger partial charge in [0.2, 0.25) is 0 Å². The van der Waals surface area contributed by atoms with E-state index in [1.807, 2.05) is 6.08 Å². The average molecular weight is 141 g/mol. The fourth-order valence-corrected chi connectivity index (χ4v) is 0.338. The predicted molar refractivity (Wildman–Crippen MR) is 35.1 cm³/mol. The van der Waals surface area contributed by atoms with Gasteiger partial charge in [-0.05, 0) is 6.92 Å². The van der Waals surface area contributed by atoms with E-state index in [0.717, 1.165) is 0 Å². The van der Waals surface area contributed by atoms with E-state index in [-0.39, 0.29) is 18.8 Å². The van der Waals surface area contributed by atoms with Crippen LogP contribution in [0.3, 0.4) is 0 Å². The smallest absolute Gasteiger partial charge is 0.338 e. The fourth-order valence-electron chi connectivity index (χ4n) is 0.338. The van der Waals surface area contributed by atoms with Gasteiger partial charge in [0.25, 0.3) is 0 Å². The molecule has 0 unspecified atom stereocenters. The van der Waals surface area contributed by atoms with Gasteiger partial charge in [0.15, 0.2) is 0 Å². The van der Waals surface area contributed by atoms with E-state index >= 15 is 0 Å². The van der Waals surface area contributed by atoms with Gasteiger partial charge in [0, 0.05) is 6.42 Å². The maximum atomic E-state index is 10.3. The average Bonchev–Trinajstić information content (AvgIpc) is 1.87. The van der Waals surface area contributed by atoms with Crippen LogP contribution in [0.5, 0.6) is 0 Å². The molecule has 0 spiro atoms. The van der Waals surface area contributed by atoms with Crippen molar-refractivity contribution in [3.05, 3.63) is 12.7 Å². The van der Waals surface area contributed by atoms with Crippen molar-refractivity contribution in [2.75, 3.05) is 6.61 Å². The SMILES string of the molecule is C=[C]C(=O)OCCC(C)=O. The molecule has 0 aliphatic heterocycles. The molecule has 0 aromatic carbocycles. The number of hydrogen-bond acceptors (Lipinski definition) is 3. The lowest BCUT2D eigenvalue weighted by molar-refractivity contribution is -0.139. The van der Waals surface area contributed by atoms with E-state index in [0.29, 0.717) is 0 Å². The third-order valence-corrected chi connectivity index (χ3v) is 0.832. The number of carbonyl (C=O) groups excluding carboxylic acids is 2. The molecule has 0 amide bonds. The molecule has 0 aliphatic carbocycles. The second-order valence-corrected chi connectivity index (χ2v) is 1.76. The van der Waals surface area contributed by atoms with Crippen LogP contribution in [0.1, 0.15) is 13.3 Å². The van der Waals surface area contributed by atoms with Gasteiger partial charge in [-0.25, -0.2) is 4.79 Å². The summed E-state index contributed by atoms with van der Waals surface area (Å²) in [6, 6.07) is 0. The highest BCUT2D eigenvalue weighted by atomic mass is 16.5. The minimum absolute atomic E-state index is 0.00291. The zero-order valence-electron chi connectivity index (χ0n) is 5.85. The quantitative estimate of drug-likeness (QED) is 0.423. The van der Waals surface area contributed by atoms with Crippen molar-refractivity contribution < 1.29 is 14.3 Å². The highest BCUT2D eigenvalue weighted by molar-refractivity contribution is 5.78. The van der Waals surface area contributed by atoms with Crippen molar-refractivity contribution in [2.24, 2.45) is 0 Å². The Balaban J connectivity index is 3.28. The van der Waals surface area contributed by atoms with E-state index in [9.17, 15) is 9.59 Å². The van der Waals surface area contributed by atoms with Crippen LogP contribution in [-0.4, -0.2) is 18.4 Å². The first kappa shape index (κ1) is 8.88. The molecule has 1 radical (unpaired) electrons. The standard InChI is InChI=1S/C7H9O3/c1-3-7(9)10-5-4-6(2)8/h1,4-5H2,2H3. The van der Waals surface area contributed by atoms with Gasteiger partial charge in [0.1, 0.15) is 5.78 Å². The van der Waals surface area contributed by atoms with Crippen LogP contribution in [0.2, 0.25) is 0 Å². The van der Waals surface area contributed by atoms with Crippen LogP contribution in [-0.2, 0) is 14.3 Å². The van der Waals surface area contributed by atoms with Crippen molar-refractivity contribution in [1.29, 1.82) is 0 Å². The van der Waals surface area contributed by atoms with Crippen LogP contribution < -0.4 is 0 Å². The third-order valence-electron chi connectivity index (χ3n) is 0.832. The summed E-state index contributed by atoms with van der Waals surface area (Å²) < 4.78 is 4.47. The van der Waals surface area contributed by atoms with Crippen molar-refractivity contribution in [2.45, 2.75) is 13.3 Å². The van der Waals surface area contributed by atoms with Crippen LogP contribution >= 0.6 is 0 Å². The van der Waals surface area contributed by atoms with E-state index in [1.165, 1.54) is 6.92 Å². The highest BCUT2D eigenvalue weighted by Crippen LogP contribution is 1.84. The van der Waals surface area contributed by atoms with Crippen LogP contribution in [0.4, 0.5) is 0 Å². The molecule has 0 saturated carbocycles. The summed E-state index contributed by atoms with van der Waals surface area (Å²) in [5.74, 6) is -0.613. The van der Waals surface area contributed by atoms with Gasteiger partial charge < -0.3 is 4.74 Å². The molecule has 0 saturated heterocycles. The summed E-state index contributed by atoms with van der Waals surface area (Å²) in [6.07, 6.45) is 2.27. The first-order valence-corrected chi connectivity index (χ1v) is 2.86. The Hall–Kier alpha value is -1.12. The fraction of sp³-hybridized carbons (Fsp3) is 0.429. The number of carbonyl (C=O) groups is 2. The van der Waals surface area contributed by atoms with Gasteiger partial charge >= 0.3 is 5.97 Å². The third kappa shape index (κ3) is 5.03. The van der Waals surface area contributed by atoms with Gasteiger partial charge in [0.05, 0.1) is 12.7 Å². The zero-order chi connectivity index (χ0) is 7.98. The number of hydrogen-bond donors (Lipinski definition) is 0. The van der Waals surface area contributed by atoms with Gasteiger partial charge in [-0.1, -0.05) is 6.58 Å².